The lowest BCUT2D eigenvalue weighted by Gasteiger charge is -2.40. The van der Waals surface area contributed by atoms with Crippen molar-refractivity contribution in [2.45, 2.75) is 245 Å². The van der Waals surface area contributed by atoms with Crippen LogP contribution in [0.15, 0.2) is 12.2 Å². The van der Waals surface area contributed by atoms with Crippen LogP contribution in [0.2, 0.25) is 18.1 Å². The van der Waals surface area contributed by atoms with Crippen LogP contribution in [0.3, 0.4) is 0 Å². The summed E-state index contributed by atoms with van der Waals surface area (Å²) < 4.78 is 6.77. The van der Waals surface area contributed by atoms with Crippen LogP contribution in [-0.2, 0) is 9.22 Å². The van der Waals surface area contributed by atoms with E-state index in [1.165, 1.54) is 154 Å². The molecule has 0 saturated heterocycles. The van der Waals surface area contributed by atoms with Crippen LogP contribution < -0.4 is 5.32 Å². The average Bonchev–Trinajstić information content (AvgIpc) is 3.02. The van der Waals surface area contributed by atoms with E-state index in [4.69, 9.17) is 4.43 Å². The molecule has 280 valence electrons. The molecule has 0 aromatic heterocycles. The first-order chi connectivity index (χ1) is 22.6. The second-order valence-corrected chi connectivity index (χ2v) is 20.9. The Morgan fingerprint density at radius 2 is 1.00 bits per heavy atom. The van der Waals surface area contributed by atoms with Crippen molar-refractivity contribution < 1.29 is 14.3 Å². The quantitative estimate of drug-likeness (QED) is 0.0404. The highest BCUT2D eigenvalue weighted by molar-refractivity contribution is 6.74. The monoisotopic (exact) mass is 680 g/mol. The Morgan fingerprint density at radius 1 is 0.638 bits per heavy atom. The predicted octanol–water partition coefficient (Wildman–Crippen LogP) is 13.4. The Bertz CT molecular complexity index is 717. The van der Waals surface area contributed by atoms with Gasteiger partial charge in [-0.2, -0.15) is 0 Å². The summed E-state index contributed by atoms with van der Waals surface area (Å²) in [6, 6.07) is -0.401. The molecule has 0 bridgehead atoms. The van der Waals surface area contributed by atoms with E-state index in [9.17, 15) is 9.90 Å². The minimum Gasteiger partial charge on any atom is -0.408 e. The van der Waals surface area contributed by atoms with Gasteiger partial charge in [0.25, 0.3) is 0 Å². The zero-order chi connectivity index (χ0) is 35.1. The Labute approximate surface area is 296 Å². The third-order valence-corrected chi connectivity index (χ3v) is 15.0. The number of carbonyl (C=O) groups is 1. The van der Waals surface area contributed by atoms with Crippen molar-refractivity contribution in [1.82, 2.24) is 5.32 Å². The van der Waals surface area contributed by atoms with Gasteiger partial charge in [0.2, 0.25) is 5.91 Å². The van der Waals surface area contributed by atoms with Gasteiger partial charge in [-0.1, -0.05) is 201 Å². The van der Waals surface area contributed by atoms with Crippen LogP contribution in [0.25, 0.3) is 0 Å². The van der Waals surface area contributed by atoms with E-state index in [0.717, 1.165) is 19.3 Å². The molecule has 0 heterocycles. The zero-order valence-corrected chi connectivity index (χ0v) is 34.1. The van der Waals surface area contributed by atoms with Crippen LogP contribution in [0.1, 0.15) is 214 Å². The zero-order valence-electron chi connectivity index (χ0n) is 33.1. The van der Waals surface area contributed by atoms with Gasteiger partial charge >= 0.3 is 0 Å². The topological polar surface area (TPSA) is 58.6 Å². The summed E-state index contributed by atoms with van der Waals surface area (Å²) in [6.45, 7) is 15.7. The number of rotatable bonds is 34. The SMILES string of the molecule is CCCCCCCCCCCCC/C=C/[C@@H](O[Si](C)(C)C(C)(C)C)[C@H](CO)NC(=O)CCCCCCCCCCCCCCCCC. The van der Waals surface area contributed by atoms with E-state index in [2.05, 4.69) is 65.2 Å². The fourth-order valence-corrected chi connectivity index (χ4v) is 7.37. The van der Waals surface area contributed by atoms with Crippen LogP contribution in [0.5, 0.6) is 0 Å². The standard InChI is InChI=1S/C42H85NO3Si/c1-8-10-12-14-16-18-20-22-23-25-27-29-31-33-35-37-41(45)43-39(38-44)40(46-47(6,7)42(3,4)5)36-34-32-30-28-26-24-21-19-17-15-13-11-9-2/h34,36,39-40,44H,8-33,35,37-38H2,1-7H3,(H,43,45)/b36-34+/t39-,40+/m0/s1. The number of carbonyl (C=O) groups excluding carboxylic acids is 1. The smallest absolute Gasteiger partial charge is 0.220 e. The molecule has 2 atom stereocenters. The molecule has 0 aromatic carbocycles. The molecule has 0 rings (SSSR count). The minimum absolute atomic E-state index is 0.0429. The van der Waals surface area contributed by atoms with Crippen molar-refractivity contribution in [2.24, 2.45) is 0 Å². The van der Waals surface area contributed by atoms with E-state index in [1.807, 2.05) is 0 Å². The van der Waals surface area contributed by atoms with Gasteiger partial charge in [-0.25, -0.2) is 0 Å². The number of unbranched alkanes of at least 4 members (excludes halogenated alkanes) is 25. The molecule has 0 aliphatic carbocycles. The summed E-state index contributed by atoms with van der Waals surface area (Å²) in [5.74, 6) is 0.0429. The molecular formula is C42H85NO3Si. The van der Waals surface area contributed by atoms with E-state index >= 15 is 0 Å². The van der Waals surface area contributed by atoms with Crippen LogP contribution in [0.4, 0.5) is 0 Å². The van der Waals surface area contributed by atoms with E-state index in [-0.39, 0.29) is 23.7 Å². The number of aliphatic hydroxyl groups excluding tert-OH is 1. The van der Waals surface area contributed by atoms with Gasteiger partial charge < -0.3 is 14.8 Å². The highest BCUT2D eigenvalue weighted by Gasteiger charge is 2.40. The van der Waals surface area contributed by atoms with Gasteiger partial charge in [0.1, 0.15) is 0 Å². The van der Waals surface area contributed by atoms with Crippen molar-refractivity contribution >= 4 is 14.2 Å². The maximum atomic E-state index is 12.9. The lowest BCUT2D eigenvalue weighted by atomic mass is 10.0. The highest BCUT2D eigenvalue weighted by atomic mass is 28.4. The van der Waals surface area contributed by atoms with Crippen molar-refractivity contribution in [3.05, 3.63) is 12.2 Å². The second-order valence-electron chi connectivity index (χ2n) is 16.2. The first-order valence-corrected chi connectivity index (χ1v) is 23.7. The minimum atomic E-state index is -2.08. The molecule has 0 fully saturated rings. The van der Waals surface area contributed by atoms with Gasteiger partial charge in [-0.3, -0.25) is 4.79 Å². The molecule has 0 aliphatic rings. The van der Waals surface area contributed by atoms with Gasteiger partial charge in [0.05, 0.1) is 18.8 Å². The highest BCUT2D eigenvalue weighted by Crippen LogP contribution is 2.38. The van der Waals surface area contributed by atoms with Gasteiger partial charge in [-0.15, -0.1) is 0 Å². The fourth-order valence-electron chi connectivity index (χ4n) is 6.10. The fraction of sp³-hybridized carbons (Fsp3) is 0.929. The first-order valence-electron chi connectivity index (χ1n) is 20.8. The Balaban J connectivity index is 4.38. The summed E-state index contributed by atoms with van der Waals surface area (Å²) in [6.07, 6.45) is 40.3. The predicted molar refractivity (Wildman–Crippen MR) is 211 cm³/mol. The van der Waals surface area contributed by atoms with Crippen molar-refractivity contribution in [3.63, 3.8) is 0 Å². The normalized spacial score (nSPS) is 13.8. The molecule has 0 spiro atoms. The summed E-state index contributed by atoms with van der Waals surface area (Å²) in [5.41, 5.74) is 0. The lowest BCUT2D eigenvalue weighted by molar-refractivity contribution is -0.122. The Kier molecular flexibility index (Phi) is 30.9. The maximum Gasteiger partial charge on any atom is 0.220 e. The number of nitrogens with one attached hydrogen (secondary N) is 1. The molecule has 0 radical (unpaired) electrons. The molecule has 0 unspecified atom stereocenters. The number of hydrogen-bond donors (Lipinski definition) is 2. The Morgan fingerprint density at radius 3 is 1.36 bits per heavy atom. The van der Waals surface area contributed by atoms with Crippen LogP contribution in [-0.4, -0.2) is 38.1 Å². The third kappa shape index (κ3) is 27.8. The second kappa shape index (κ2) is 31.3. The largest absolute Gasteiger partial charge is 0.408 e. The number of aliphatic hydroxyl groups is 1. The summed E-state index contributed by atoms with van der Waals surface area (Å²) in [5, 5.41) is 13.5. The molecule has 47 heavy (non-hydrogen) atoms. The molecule has 1 amide bonds. The van der Waals surface area contributed by atoms with Gasteiger partial charge in [0, 0.05) is 6.42 Å². The maximum absolute atomic E-state index is 12.9. The Hall–Kier alpha value is -0.653. The summed E-state index contributed by atoms with van der Waals surface area (Å²) in [7, 11) is -2.08. The molecule has 4 nitrogen and oxygen atoms in total. The van der Waals surface area contributed by atoms with Gasteiger partial charge in [-0.05, 0) is 37.4 Å². The average molecular weight is 680 g/mol. The van der Waals surface area contributed by atoms with E-state index < -0.39 is 14.4 Å². The van der Waals surface area contributed by atoms with E-state index in [1.54, 1.807) is 0 Å². The number of allylic oxidation sites excluding steroid dienone is 1. The van der Waals surface area contributed by atoms with Crippen LogP contribution >= 0.6 is 0 Å². The number of hydrogen-bond acceptors (Lipinski definition) is 3. The summed E-state index contributed by atoms with van der Waals surface area (Å²) >= 11 is 0. The molecular weight excluding hydrogens is 595 g/mol. The van der Waals surface area contributed by atoms with Gasteiger partial charge in [0.15, 0.2) is 8.32 Å². The summed E-state index contributed by atoms with van der Waals surface area (Å²) in [4.78, 5) is 12.9. The molecule has 0 aromatic rings. The first kappa shape index (κ1) is 46.3. The van der Waals surface area contributed by atoms with Crippen molar-refractivity contribution in [3.8, 4) is 0 Å². The van der Waals surface area contributed by atoms with Crippen LogP contribution in [0, 0.1) is 0 Å². The van der Waals surface area contributed by atoms with Crippen molar-refractivity contribution in [2.75, 3.05) is 6.61 Å². The number of amides is 1. The van der Waals surface area contributed by atoms with E-state index in [0.29, 0.717) is 6.42 Å². The van der Waals surface area contributed by atoms with Crippen molar-refractivity contribution in [1.29, 1.82) is 0 Å². The molecule has 0 aliphatic heterocycles. The molecule has 0 saturated carbocycles. The molecule has 5 heteroatoms. The lowest BCUT2D eigenvalue weighted by Crippen LogP contribution is -2.52. The molecule has 2 N–H and O–H groups in total. The third-order valence-electron chi connectivity index (χ3n) is 10.5.